The quantitative estimate of drug-likeness (QED) is 0.829. The van der Waals surface area contributed by atoms with Crippen molar-refractivity contribution in [2.75, 3.05) is 19.7 Å². The smallest absolute Gasteiger partial charge is 0.249 e. The van der Waals surface area contributed by atoms with Gasteiger partial charge in [-0.1, -0.05) is 6.07 Å². The molecule has 2 saturated heterocycles. The first-order valence-corrected chi connectivity index (χ1v) is 9.66. The van der Waals surface area contributed by atoms with E-state index in [4.69, 9.17) is 9.15 Å². The number of piperidine rings is 1. The summed E-state index contributed by atoms with van der Waals surface area (Å²) >= 11 is 0. The summed E-state index contributed by atoms with van der Waals surface area (Å²) in [6, 6.07) is 8.04. The van der Waals surface area contributed by atoms with Crippen molar-refractivity contribution < 1.29 is 13.9 Å². The molecule has 2 aromatic rings. The maximum absolute atomic E-state index is 12.5. The third-order valence-corrected chi connectivity index (χ3v) is 5.99. The third-order valence-electron chi connectivity index (χ3n) is 5.99. The minimum absolute atomic E-state index is 0.0481. The van der Waals surface area contributed by atoms with Crippen molar-refractivity contribution >= 4 is 5.91 Å². The molecule has 1 spiro atoms. The molecular weight excluding hydrogens is 342 g/mol. The molecule has 144 valence electrons. The van der Waals surface area contributed by atoms with E-state index in [1.165, 1.54) is 0 Å². The fourth-order valence-electron chi connectivity index (χ4n) is 4.26. The molecule has 4 rings (SSSR count). The van der Waals surface area contributed by atoms with E-state index >= 15 is 0 Å². The normalized spacial score (nSPS) is 23.1. The van der Waals surface area contributed by atoms with Gasteiger partial charge in [0.15, 0.2) is 0 Å². The van der Waals surface area contributed by atoms with Gasteiger partial charge < -0.3 is 14.1 Å². The van der Waals surface area contributed by atoms with Crippen LogP contribution in [0.3, 0.4) is 0 Å². The molecule has 0 aliphatic carbocycles. The third kappa shape index (κ3) is 3.77. The molecule has 6 nitrogen and oxygen atoms in total. The monoisotopic (exact) mass is 369 g/mol. The molecule has 2 aliphatic heterocycles. The number of hydrogen-bond donors (Lipinski definition) is 0. The lowest BCUT2D eigenvalue weighted by molar-refractivity contribution is -0.188. The van der Waals surface area contributed by atoms with Gasteiger partial charge in [-0.2, -0.15) is 0 Å². The van der Waals surface area contributed by atoms with E-state index < -0.39 is 0 Å². The lowest BCUT2D eigenvalue weighted by atomic mass is 9.82. The van der Waals surface area contributed by atoms with Crippen molar-refractivity contribution in [1.29, 1.82) is 0 Å². The number of furan rings is 1. The minimum Gasteiger partial charge on any atom is -0.465 e. The molecule has 1 atom stereocenters. The van der Waals surface area contributed by atoms with Gasteiger partial charge in [-0.15, -0.1) is 0 Å². The highest BCUT2D eigenvalue weighted by molar-refractivity contribution is 5.78. The number of carbonyl (C=O) groups is 1. The Morgan fingerprint density at radius 3 is 2.70 bits per heavy atom. The first-order valence-electron chi connectivity index (χ1n) is 9.66. The van der Waals surface area contributed by atoms with Crippen LogP contribution in [0.15, 0.2) is 41.1 Å². The van der Waals surface area contributed by atoms with Crippen LogP contribution in [0.25, 0.3) is 0 Å². The highest BCUT2D eigenvalue weighted by Gasteiger charge is 2.47. The van der Waals surface area contributed by atoms with Gasteiger partial charge in [-0.05, 0) is 50.5 Å². The Hall–Kier alpha value is -2.18. The maximum Gasteiger partial charge on any atom is 0.249 e. The number of pyridine rings is 1. The van der Waals surface area contributed by atoms with E-state index in [0.717, 1.165) is 49.6 Å². The summed E-state index contributed by atoms with van der Waals surface area (Å²) in [5.41, 5.74) is 0.798. The number of nitrogens with zero attached hydrogens (tertiary/aromatic N) is 3. The number of amides is 1. The van der Waals surface area contributed by atoms with Crippen molar-refractivity contribution in [2.45, 2.75) is 51.4 Å². The standard InChI is InChI=1S/C21H27N3O3/c1-16-5-6-19(27-16)14-23-10-7-21(8-11-23)17(2)24(20(25)15-26-21)13-18-4-3-9-22-12-18/h3-6,9,12,17H,7-8,10-11,13-15H2,1-2H3/t17-/m1/s1. The van der Waals surface area contributed by atoms with Crippen LogP contribution in [0.4, 0.5) is 0 Å². The summed E-state index contributed by atoms with van der Waals surface area (Å²) in [7, 11) is 0. The molecule has 2 aromatic heterocycles. The Labute approximate surface area is 160 Å². The lowest BCUT2D eigenvalue weighted by Crippen LogP contribution is -2.63. The number of aromatic nitrogens is 1. The van der Waals surface area contributed by atoms with Crippen LogP contribution in [-0.2, 0) is 22.6 Å². The molecule has 0 saturated carbocycles. The Balaban J connectivity index is 1.41. The molecular formula is C21H27N3O3. The lowest BCUT2D eigenvalue weighted by Gasteiger charge is -2.51. The van der Waals surface area contributed by atoms with Crippen LogP contribution in [0.5, 0.6) is 0 Å². The molecule has 0 N–H and O–H groups in total. The molecule has 0 bridgehead atoms. The molecule has 0 aromatic carbocycles. The van der Waals surface area contributed by atoms with Gasteiger partial charge in [0.05, 0.1) is 18.2 Å². The Kier molecular flexibility index (Phi) is 5.02. The number of carbonyl (C=O) groups excluding carboxylic acids is 1. The van der Waals surface area contributed by atoms with Crippen LogP contribution < -0.4 is 0 Å². The Morgan fingerprint density at radius 2 is 2.04 bits per heavy atom. The zero-order valence-electron chi connectivity index (χ0n) is 16.1. The fourth-order valence-corrected chi connectivity index (χ4v) is 4.26. The molecule has 2 aliphatic rings. The summed E-state index contributed by atoms with van der Waals surface area (Å²) in [6.45, 7) is 7.57. The van der Waals surface area contributed by atoms with Gasteiger partial charge in [0, 0.05) is 32.0 Å². The summed E-state index contributed by atoms with van der Waals surface area (Å²) in [4.78, 5) is 21.0. The summed E-state index contributed by atoms with van der Waals surface area (Å²) in [6.07, 6.45) is 5.43. The van der Waals surface area contributed by atoms with Crippen LogP contribution in [-0.4, -0.2) is 52.0 Å². The number of morpholine rings is 1. The predicted octanol–water partition coefficient (Wildman–Crippen LogP) is 2.77. The second-order valence-electron chi connectivity index (χ2n) is 7.70. The topological polar surface area (TPSA) is 58.8 Å². The fraction of sp³-hybridized carbons (Fsp3) is 0.524. The largest absolute Gasteiger partial charge is 0.465 e. The minimum atomic E-state index is -0.258. The van der Waals surface area contributed by atoms with Gasteiger partial charge in [-0.3, -0.25) is 14.7 Å². The zero-order chi connectivity index (χ0) is 18.9. The molecule has 0 unspecified atom stereocenters. The molecule has 2 fully saturated rings. The van der Waals surface area contributed by atoms with Crippen molar-refractivity contribution in [2.24, 2.45) is 0 Å². The van der Waals surface area contributed by atoms with Gasteiger partial charge >= 0.3 is 0 Å². The van der Waals surface area contributed by atoms with E-state index in [9.17, 15) is 4.79 Å². The van der Waals surface area contributed by atoms with Crippen LogP contribution in [0.2, 0.25) is 0 Å². The van der Waals surface area contributed by atoms with E-state index in [1.807, 2.05) is 42.3 Å². The number of likely N-dealkylation sites (tertiary alicyclic amines) is 1. The van der Waals surface area contributed by atoms with E-state index in [-0.39, 0.29) is 24.2 Å². The predicted molar refractivity (Wildman–Crippen MR) is 101 cm³/mol. The van der Waals surface area contributed by atoms with Crippen LogP contribution in [0.1, 0.15) is 36.8 Å². The van der Waals surface area contributed by atoms with Crippen LogP contribution >= 0.6 is 0 Å². The second kappa shape index (κ2) is 7.44. The molecule has 6 heteroatoms. The van der Waals surface area contributed by atoms with Crippen molar-refractivity contribution in [3.8, 4) is 0 Å². The van der Waals surface area contributed by atoms with Gasteiger partial charge in [0.1, 0.15) is 18.1 Å². The average Bonchev–Trinajstić information content (AvgIpc) is 3.09. The second-order valence-corrected chi connectivity index (χ2v) is 7.70. The molecule has 27 heavy (non-hydrogen) atoms. The first kappa shape index (κ1) is 18.2. The summed E-state index contributed by atoms with van der Waals surface area (Å²) < 4.78 is 11.9. The zero-order valence-corrected chi connectivity index (χ0v) is 16.1. The van der Waals surface area contributed by atoms with E-state index in [0.29, 0.717) is 6.54 Å². The molecule has 1 amide bonds. The van der Waals surface area contributed by atoms with Crippen molar-refractivity contribution in [3.63, 3.8) is 0 Å². The molecule has 0 radical (unpaired) electrons. The summed E-state index contributed by atoms with van der Waals surface area (Å²) in [5.74, 6) is 2.02. The number of hydrogen-bond acceptors (Lipinski definition) is 5. The maximum atomic E-state index is 12.5. The van der Waals surface area contributed by atoms with Crippen molar-refractivity contribution in [3.05, 3.63) is 53.7 Å². The van der Waals surface area contributed by atoms with Gasteiger partial charge in [0.25, 0.3) is 0 Å². The van der Waals surface area contributed by atoms with Crippen molar-refractivity contribution in [1.82, 2.24) is 14.8 Å². The Bertz CT molecular complexity index is 781. The highest BCUT2D eigenvalue weighted by Crippen LogP contribution is 2.36. The first-order chi connectivity index (χ1) is 13.1. The highest BCUT2D eigenvalue weighted by atomic mass is 16.5. The van der Waals surface area contributed by atoms with E-state index in [1.54, 1.807) is 6.20 Å². The van der Waals surface area contributed by atoms with Gasteiger partial charge in [-0.25, -0.2) is 0 Å². The number of aryl methyl sites for hydroxylation is 1. The number of ether oxygens (including phenoxy) is 1. The number of rotatable bonds is 4. The van der Waals surface area contributed by atoms with Crippen LogP contribution in [0, 0.1) is 6.92 Å². The summed E-state index contributed by atoms with van der Waals surface area (Å²) in [5, 5.41) is 0. The van der Waals surface area contributed by atoms with E-state index in [2.05, 4.69) is 16.8 Å². The van der Waals surface area contributed by atoms with Gasteiger partial charge in [0.2, 0.25) is 5.91 Å². The molecule has 4 heterocycles. The average molecular weight is 369 g/mol. The SMILES string of the molecule is Cc1ccc(CN2CCC3(CC2)OCC(=O)N(Cc2cccnc2)[C@@H]3C)o1. The Morgan fingerprint density at radius 1 is 1.22 bits per heavy atom.